The maximum atomic E-state index is 9.25. The van der Waals surface area contributed by atoms with E-state index >= 15 is 0 Å². The highest BCUT2D eigenvalue weighted by Gasteiger charge is 2.13. The Morgan fingerprint density at radius 2 is 1.96 bits per heavy atom. The Hall–Kier alpha value is -2.67. The standard InChI is InChI=1S/C16H19N5O2/c1-12-18-15(10-16(19-12)21-6-8-23-9-7-21)20-17-11-13-2-4-14(22)5-3-13/h2-5,10-11,22H,6-9H2,1H3,(H,18,19,20)/b17-11+. The van der Waals surface area contributed by atoms with Gasteiger partial charge in [0.05, 0.1) is 19.4 Å². The van der Waals surface area contributed by atoms with Gasteiger partial charge in [-0.15, -0.1) is 0 Å². The molecule has 7 nitrogen and oxygen atoms in total. The summed E-state index contributed by atoms with van der Waals surface area (Å²) in [5.74, 6) is 2.45. The third-order valence-corrected chi connectivity index (χ3v) is 3.45. The Kier molecular flexibility index (Phi) is 4.68. The van der Waals surface area contributed by atoms with E-state index in [0.29, 0.717) is 24.9 Å². The van der Waals surface area contributed by atoms with E-state index in [1.165, 1.54) is 0 Å². The molecule has 1 aromatic heterocycles. The molecule has 0 radical (unpaired) electrons. The van der Waals surface area contributed by atoms with Crippen LogP contribution in [0.15, 0.2) is 35.4 Å². The molecule has 1 fully saturated rings. The van der Waals surface area contributed by atoms with Crippen molar-refractivity contribution in [3.8, 4) is 5.75 Å². The van der Waals surface area contributed by atoms with Crippen LogP contribution in [0.25, 0.3) is 0 Å². The lowest BCUT2D eigenvalue weighted by atomic mass is 10.2. The van der Waals surface area contributed by atoms with E-state index in [1.54, 1.807) is 30.5 Å². The van der Waals surface area contributed by atoms with Crippen LogP contribution in [0.3, 0.4) is 0 Å². The number of hydrogen-bond donors (Lipinski definition) is 2. The lowest BCUT2D eigenvalue weighted by Crippen LogP contribution is -2.36. The molecular weight excluding hydrogens is 294 g/mol. The number of ether oxygens (including phenoxy) is 1. The molecule has 2 heterocycles. The average Bonchev–Trinajstić information content (AvgIpc) is 2.57. The smallest absolute Gasteiger partial charge is 0.152 e. The summed E-state index contributed by atoms with van der Waals surface area (Å²) in [5.41, 5.74) is 3.81. The van der Waals surface area contributed by atoms with Crippen LogP contribution < -0.4 is 10.3 Å². The fourth-order valence-corrected chi connectivity index (χ4v) is 2.30. The van der Waals surface area contributed by atoms with Crippen molar-refractivity contribution < 1.29 is 9.84 Å². The van der Waals surface area contributed by atoms with Crippen LogP contribution >= 0.6 is 0 Å². The summed E-state index contributed by atoms with van der Waals surface area (Å²) in [6.45, 7) is 4.94. The van der Waals surface area contributed by atoms with E-state index in [4.69, 9.17) is 4.74 Å². The number of aromatic hydroxyl groups is 1. The normalized spacial score (nSPS) is 15.1. The first-order valence-electron chi connectivity index (χ1n) is 7.47. The summed E-state index contributed by atoms with van der Waals surface area (Å²) >= 11 is 0. The lowest BCUT2D eigenvalue weighted by Gasteiger charge is -2.28. The number of nitrogens with one attached hydrogen (secondary N) is 1. The van der Waals surface area contributed by atoms with Gasteiger partial charge in [-0.3, -0.25) is 5.43 Å². The molecule has 3 rings (SSSR count). The molecule has 0 unspecified atom stereocenters. The second-order valence-electron chi connectivity index (χ2n) is 5.22. The minimum absolute atomic E-state index is 0.233. The van der Waals surface area contributed by atoms with Crippen LogP contribution in [-0.4, -0.2) is 47.6 Å². The van der Waals surface area contributed by atoms with Crippen molar-refractivity contribution in [2.24, 2.45) is 5.10 Å². The summed E-state index contributed by atoms with van der Waals surface area (Å²) in [4.78, 5) is 11.0. The molecule has 1 aliphatic heterocycles. The largest absolute Gasteiger partial charge is 0.508 e. The number of phenolic OH excluding ortho intramolecular Hbond substituents is 1. The molecule has 0 aliphatic carbocycles. The summed E-state index contributed by atoms with van der Waals surface area (Å²) in [7, 11) is 0. The monoisotopic (exact) mass is 313 g/mol. The molecule has 0 amide bonds. The summed E-state index contributed by atoms with van der Waals surface area (Å²) < 4.78 is 5.36. The van der Waals surface area contributed by atoms with Gasteiger partial charge in [0.15, 0.2) is 5.82 Å². The van der Waals surface area contributed by atoms with Gasteiger partial charge in [0, 0.05) is 19.2 Å². The first kappa shape index (κ1) is 15.2. The highest BCUT2D eigenvalue weighted by atomic mass is 16.5. The van der Waals surface area contributed by atoms with Crippen LogP contribution in [-0.2, 0) is 4.74 Å². The topological polar surface area (TPSA) is 82.9 Å². The second-order valence-corrected chi connectivity index (χ2v) is 5.22. The Balaban J connectivity index is 1.69. The van der Waals surface area contributed by atoms with Crippen molar-refractivity contribution in [1.29, 1.82) is 0 Å². The lowest BCUT2D eigenvalue weighted by molar-refractivity contribution is 0.122. The molecule has 1 saturated heterocycles. The number of hydrogen-bond acceptors (Lipinski definition) is 7. The van der Waals surface area contributed by atoms with Gasteiger partial charge in [-0.25, -0.2) is 9.97 Å². The SMILES string of the molecule is Cc1nc(N/N=C/c2ccc(O)cc2)cc(N2CCOCC2)n1. The fraction of sp³-hybridized carbons (Fsp3) is 0.312. The Labute approximate surface area is 134 Å². The van der Waals surface area contributed by atoms with E-state index in [9.17, 15) is 5.11 Å². The number of hydrazone groups is 1. The van der Waals surface area contributed by atoms with Gasteiger partial charge < -0.3 is 14.7 Å². The predicted molar refractivity (Wildman–Crippen MR) is 89.1 cm³/mol. The molecule has 23 heavy (non-hydrogen) atoms. The number of aryl methyl sites for hydroxylation is 1. The molecule has 0 saturated carbocycles. The molecule has 1 aliphatic rings. The van der Waals surface area contributed by atoms with Crippen LogP contribution in [0.1, 0.15) is 11.4 Å². The van der Waals surface area contributed by atoms with Gasteiger partial charge in [0.25, 0.3) is 0 Å². The summed E-state index contributed by atoms with van der Waals surface area (Å²) in [6, 6.07) is 8.68. The zero-order valence-electron chi connectivity index (χ0n) is 12.9. The number of benzene rings is 1. The molecule has 120 valence electrons. The predicted octanol–water partition coefficient (Wildman–Crippen LogP) is 1.77. The van der Waals surface area contributed by atoms with Gasteiger partial charge >= 0.3 is 0 Å². The number of nitrogens with zero attached hydrogens (tertiary/aromatic N) is 4. The molecule has 0 bridgehead atoms. The van der Waals surface area contributed by atoms with Crippen LogP contribution in [0, 0.1) is 6.92 Å². The summed E-state index contributed by atoms with van der Waals surface area (Å²) in [5, 5.41) is 13.4. The van der Waals surface area contributed by atoms with Gasteiger partial charge in [0.1, 0.15) is 17.4 Å². The molecule has 1 aromatic carbocycles. The highest BCUT2D eigenvalue weighted by molar-refractivity contribution is 5.80. The maximum Gasteiger partial charge on any atom is 0.152 e. The van der Waals surface area contributed by atoms with Gasteiger partial charge in [-0.05, 0) is 36.8 Å². The van der Waals surface area contributed by atoms with Crippen LogP contribution in [0.5, 0.6) is 5.75 Å². The van der Waals surface area contributed by atoms with Crippen molar-refractivity contribution in [3.05, 3.63) is 41.7 Å². The maximum absolute atomic E-state index is 9.25. The van der Waals surface area contributed by atoms with Crippen molar-refractivity contribution in [3.63, 3.8) is 0 Å². The van der Waals surface area contributed by atoms with Crippen molar-refractivity contribution in [1.82, 2.24) is 9.97 Å². The number of phenols is 1. The number of aromatic nitrogens is 2. The molecule has 0 spiro atoms. The van der Waals surface area contributed by atoms with Crippen molar-refractivity contribution in [2.75, 3.05) is 36.6 Å². The number of morpholine rings is 1. The van der Waals surface area contributed by atoms with E-state index in [0.717, 1.165) is 24.5 Å². The molecular formula is C16H19N5O2. The van der Waals surface area contributed by atoms with Crippen molar-refractivity contribution in [2.45, 2.75) is 6.92 Å². The number of rotatable bonds is 4. The minimum atomic E-state index is 0.233. The number of anilines is 2. The third-order valence-electron chi connectivity index (χ3n) is 3.45. The zero-order valence-corrected chi connectivity index (χ0v) is 12.9. The fourth-order valence-electron chi connectivity index (χ4n) is 2.30. The zero-order chi connectivity index (χ0) is 16.1. The van der Waals surface area contributed by atoms with Crippen LogP contribution in [0.4, 0.5) is 11.6 Å². The van der Waals surface area contributed by atoms with Gasteiger partial charge in [-0.1, -0.05) is 0 Å². The van der Waals surface area contributed by atoms with Crippen molar-refractivity contribution >= 4 is 17.9 Å². The average molecular weight is 313 g/mol. The quantitative estimate of drug-likeness (QED) is 0.661. The molecule has 2 aromatic rings. The Morgan fingerprint density at radius 3 is 2.70 bits per heavy atom. The molecule has 7 heteroatoms. The highest BCUT2D eigenvalue weighted by Crippen LogP contribution is 2.17. The van der Waals surface area contributed by atoms with E-state index in [1.807, 2.05) is 13.0 Å². The minimum Gasteiger partial charge on any atom is -0.508 e. The van der Waals surface area contributed by atoms with Crippen LogP contribution in [0.2, 0.25) is 0 Å². The van der Waals surface area contributed by atoms with E-state index in [2.05, 4.69) is 25.4 Å². The molecule has 2 N–H and O–H groups in total. The third kappa shape index (κ3) is 4.17. The van der Waals surface area contributed by atoms with Gasteiger partial charge in [-0.2, -0.15) is 5.10 Å². The van der Waals surface area contributed by atoms with E-state index in [-0.39, 0.29) is 5.75 Å². The van der Waals surface area contributed by atoms with E-state index < -0.39 is 0 Å². The first-order valence-corrected chi connectivity index (χ1v) is 7.47. The summed E-state index contributed by atoms with van der Waals surface area (Å²) in [6.07, 6.45) is 1.67. The second kappa shape index (κ2) is 7.06. The Bertz CT molecular complexity index is 681. The van der Waals surface area contributed by atoms with Gasteiger partial charge in [0.2, 0.25) is 0 Å². The Morgan fingerprint density at radius 1 is 1.22 bits per heavy atom. The molecule has 0 atom stereocenters. The first-order chi connectivity index (χ1) is 11.2.